The van der Waals surface area contributed by atoms with Gasteiger partial charge < -0.3 is 0 Å². The molecule has 52 heavy (non-hydrogen) atoms. The van der Waals surface area contributed by atoms with E-state index in [0.29, 0.717) is 0 Å². The first-order chi connectivity index (χ1) is 25.7. The maximum atomic E-state index is 2.47. The second kappa shape index (κ2) is 11.4. The van der Waals surface area contributed by atoms with Crippen LogP contribution in [0.5, 0.6) is 0 Å². The van der Waals surface area contributed by atoms with Crippen LogP contribution < -0.4 is 0 Å². The molecular formula is C52H32. The van der Waals surface area contributed by atoms with Gasteiger partial charge in [0.1, 0.15) is 0 Å². The zero-order chi connectivity index (χ0) is 34.2. The van der Waals surface area contributed by atoms with E-state index in [1.165, 1.54) is 109 Å². The van der Waals surface area contributed by atoms with Crippen LogP contribution in [0.2, 0.25) is 0 Å². The maximum absolute atomic E-state index is 2.47. The van der Waals surface area contributed by atoms with Crippen LogP contribution in [0.3, 0.4) is 0 Å². The minimum Gasteiger partial charge on any atom is -0.0616 e. The van der Waals surface area contributed by atoms with Gasteiger partial charge in [-0.1, -0.05) is 146 Å². The van der Waals surface area contributed by atoms with Crippen LogP contribution in [0.25, 0.3) is 109 Å². The molecule has 11 aromatic carbocycles. The fourth-order valence-corrected chi connectivity index (χ4v) is 8.59. The van der Waals surface area contributed by atoms with Gasteiger partial charge in [0.15, 0.2) is 0 Å². The minimum atomic E-state index is 1.21. The van der Waals surface area contributed by atoms with Gasteiger partial charge in [0.25, 0.3) is 0 Å². The van der Waals surface area contributed by atoms with E-state index in [9.17, 15) is 0 Å². The molecule has 0 radical (unpaired) electrons. The Morgan fingerprint density at radius 3 is 1.17 bits per heavy atom. The molecule has 0 aliphatic carbocycles. The van der Waals surface area contributed by atoms with Crippen LogP contribution in [-0.4, -0.2) is 0 Å². The molecule has 0 heteroatoms. The normalized spacial score (nSPS) is 11.8. The Morgan fingerprint density at radius 2 is 0.596 bits per heavy atom. The smallest absolute Gasteiger partial charge is 0.00197 e. The van der Waals surface area contributed by atoms with Crippen molar-refractivity contribution in [3.05, 3.63) is 194 Å². The van der Waals surface area contributed by atoms with Crippen molar-refractivity contribution in [2.45, 2.75) is 0 Å². The lowest BCUT2D eigenvalue weighted by Crippen LogP contribution is -1.91. The van der Waals surface area contributed by atoms with E-state index in [-0.39, 0.29) is 0 Å². The molecule has 0 aliphatic rings. The summed E-state index contributed by atoms with van der Waals surface area (Å²) in [6.07, 6.45) is 0. The Labute approximate surface area is 301 Å². The van der Waals surface area contributed by atoms with Crippen molar-refractivity contribution in [2.24, 2.45) is 0 Å². The third-order valence-electron chi connectivity index (χ3n) is 11.1. The lowest BCUT2D eigenvalue weighted by molar-refractivity contribution is 1.60. The number of hydrogen-bond donors (Lipinski definition) is 0. The van der Waals surface area contributed by atoms with Crippen molar-refractivity contribution < 1.29 is 0 Å². The van der Waals surface area contributed by atoms with Gasteiger partial charge in [-0.05, 0) is 157 Å². The van der Waals surface area contributed by atoms with Gasteiger partial charge in [0, 0.05) is 0 Å². The van der Waals surface area contributed by atoms with E-state index in [1.807, 2.05) is 0 Å². The number of benzene rings is 11. The molecule has 0 saturated carbocycles. The summed E-state index contributed by atoms with van der Waals surface area (Å²) < 4.78 is 0. The lowest BCUT2D eigenvalue weighted by atomic mass is 9.85. The van der Waals surface area contributed by atoms with E-state index < -0.39 is 0 Å². The van der Waals surface area contributed by atoms with Crippen molar-refractivity contribution in [2.75, 3.05) is 0 Å². The van der Waals surface area contributed by atoms with Crippen molar-refractivity contribution in [3.63, 3.8) is 0 Å². The molecule has 0 aromatic heterocycles. The fraction of sp³-hybridized carbons (Fsp3) is 0. The average Bonchev–Trinajstić information content (AvgIpc) is 3.22. The average molecular weight is 657 g/mol. The third-order valence-corrected chi connectivity index (χ3v) is 11.1. The van der Waals surface area contributed by atoms with E-state index in [1.54, 1.807) is 0 Å². The summed E-state index contributed by atoms with van der Waals surface area (Å²) >= 11 is 0. The Morgan fingerprint density at radius 1 is 0.192 bits per heavy atom. The topological polar surface area (TPSA) is 0 Å². The summed E-state index contributed by atoms with van der Waals surface area (Å²) in [6, 6.07) is 72.1. The summed E-state index contributed by atoms with van der Waals surface area (Å²) in [7, 11) is 0. The highest BCUT2D eigenvalue weighted by atomic mass is 14.2. The van der Waals surface area contributed by atoms with Gasteiger partial charge in [0.05, 0.1) is 0 Å². The van der Waals surface area contributed by atoms with Gasteiger partial charge in [0.2, 0.25) is 0 Å². The largest absolute Gasteiger partial charge is 0.0616 e. The molecule has 0 aliphatic heterocycles. The molecular weight excluding hydrogens is 625 g/mol. The SMILES string of the molecule is c1ccc2cc(-c3cc(-c4ccc5ccccc5c4)cc(-c4cc5c6ccccc6c6cc7ccccc7cc6c5c5ccccc45)c3)ccc2c1. The first-order valence-corrected chi connectivity index (χ1v) is 18.1. The Bertz CT molecular complexity index is 3140. The molecule has 0 N–H and O–H groups in total. The first-order valence-electron chi connectivity index (χ1n) is 18.1. The molecule has 0 bridgehead atoms. The zero-order valence-electron chi connectivity index (χ0n) is 28.5. The van der Waals surface area contributed by atoms with Gasteiger partial charge in [-0.25, -0.2) is 0 Å². The quantitative estimate of drug-likeness (QED) is 0.131. The highest BCUT2D eigenvalue weighted by Gasteiger charge is 2.17. The predicted octanol–water partition coefficient (Wildman–Crippen LogP) is 14.8. The van der Waals surface area contributed by atoms with Crippen molar-refractivity contribution >= 4 is 75.4 Å². The fourth-order valence-electron chi connectivity index (χ4n) is 8.59. The number of rotatable bonds is 3. The third kappa shape index (κ3) is 4.55. The van der Waals surface area contributed by atoms with Gasteiger partial charge in [-0.2, -0.15) is 0 Å². The van der Waals surface area contributed by atoms with Crippen molar-refractivity contribution in [3.8, 4) is 33.4 Å². The van der Waals surface area contributed by atoms with Crippen molar-refractivity contribution in [1.29, 1.82) is 0 Å². The highest BCUT2D eigenvalue weighted by molar-refractivity contribution is 6.34. The standard InChI is InChI=1S/C52H32/c1-3-13-35-25-39(23-21-33(35)11-1)41-27-42(40-24-22-34-12-2-4-14-36(34)26-40)29-43(28-41)48-32-51-45-18-8-7-17-44(45)49-30-37-15-5-6-16-38(37)31-50(49)52(51)47-20-10-9-19-46(47)48/h1-32H. The first kappa shape index (κ1) is 29.0. The van der Waals surface area contributed by atoms with Crippen LogP contribution in [0.15, 0.2) is 194 Å². The minimum absolute atomic E-state index is 1.21. The molecule has 0 unspecified atom stereocenters. The molecule has 11 rings (SSSR count). The summed E-state index contributed by atoms with van der Waals surface area (Å²) in [4.78, 5) is 0. The zero-order valence-corrected chi connectivity index (χ0v) is 28.5. The Balaban J connectivity index is 1.24. The van der Waals surface area contributed by atoms with E-state index >= 15 is 0 Å². The molecule has 240 valence electrons. The van der Waals surface area contributed by atoms with Crippen LogP contribution >= 0.6 is 0 Å². The van der Waals surface area contributed by atoms with E-state index in [2.05, 4.69) is 194 Å². The van der Waals surface area contributed by atoms with E-state index in [0.717, 1.165) is 0 Å². The van der Waals surface area contributed by atoms with Crippen LogP contribution in [-0.2, 0) is 0 Å². The predicted molar refractivity (Wildman–Crippen MR) is 225 cm³/mol. The second-order valence-corrected chi connectivity index (χ2v) is 14.1. The molecule has 0 heterocycles. The molecule has 0 amide bonds. The van der Waals surface area contributed by atoms with Gasteiger partial charge in [-0.3, -0.25) is 0 Å². The van der Waals surface area contributed by atoms with Gasteiger partial charge in [-0.15, -0.1) is 0 Å². The second-order valence-electron chi connectivity index (χ2n) is 14.1. The molecule has 0 nitrogen and oxygen atoms in total. The van der Waals surface area contributed by atoms with Crippen LogP contribution in [0.4, 0.5) is 0 Å². The van der Waals surface area contributed by atoms with E-state index in [4.69, 9.17) is 0 Å². The lowest BCUT2D eigenvalue weighted by Gasteiger charge is -2.18. The molecule has 0 atom stereocenters. The Hall–Kier alpha value is -6.76. The molecule has 0 fully saturated rings. The molecule has 11 aromatic rings. The summed E-state index contributed by atoms with van der Waals surface area (Å²) in [6.45, 7) is 0. The molecule has 0 saturated heterocycles. The van der Waals surface area contributed by atoms with Crippen LogP contribution in [0.1, 0.15) is 0 Å². The number of fused-ring (bicyclic) bond motifs is 11. The van der Waals surface area contributed by atoms with Crippen molar-refractivity contribution in [1.82, 2.24) is 0 Å². The molecule has 0 spiro atoms. The Kier molecular flexibility index (Phi) is 6.35. The monoisotopic (exact) mass is 656 g/mol. The summed E-state index contributed by atoms with van der Waals surface area (Å²) in [5.41, 5.74) is 7.33. The maximum Gasteiger partial charge on any atom is -0.00197 e. The van der Waals surface area contributed by atoms with Crippen LogP contribution in [0, 0.1) is 0 Å². The number of hydrogen-bond acceptors (Lipinski definition) is 0. The highest BCUT2D eigenvalue weighted by Crippen LogP contribution is 2.45. The summed E-state index contributed by atoms with van der Waals surface area (Å²) in [5, 5.41) is 17.9. The van der Waals surface area contributed by atoms with Gasteiger partial charge >= 0.3 is 0 Å². The summed E-state index contributed by atoms with van der Waals surface area (Å²) in [5.74, 6) is 0.